The zero-order valence-corrected chi connectivity index (χ0v) is 13.1. The van der Waals surface area contributed by atoms with E-state index < -0.39 is 0 Å². The number of hydrogen-bond donors (Lipinski definition) is 1. The molecular weight excluding hydrogens is 238 g/mol. The van der Waals surface area contributed by atoms with Gasteiger partial charge in [-0.1, -0.05) is 27.7 Å². The van der Waals surface area contributed by atoms with Crippen LogP contribution in [0.15, 0.2) is 6.20 Å². The Hall–Kier alpha value is -1.03. The van der Waals surface area contributed by atoms with Crippen molar-refractivity contribution in [3.8, 4) is 5.75 Å². The van der Waals surface area contributed by atoms with Gasteiger partial charge in [0.05, 0.1) is 19.0 Å². The zero-order chi connectivity index (χ0) is 14.3. The van der Waals surface area contributed by atoms with Gasteiger partial charge in [0.15, 0.2) is 5.75 Å². The van der Waals surface area contributed by atoms with E-state index in [1.54, 1.807) is 7.11 Å². The van der Waals surface area contributed by atoms with E-state index >= 15 is 0 Å². The van der Waals surface area contributed by atoms with Crippen LogP contribution in [0.4, 0.5) is 0 Å². The maximum absolute atomic E-state index is 5.47. The second kappa shape index (κ2) is 8.20. The molecule has 0 aliphatic heterocycles. The summed E-state index contributed by atoms with van der Waals surface area (Å²) in [4.78, 5) is 0. The molecular formula is C15H29N3O. The highest BCUT2D eigenvalue weighted by Gasteiger charge is 2.22. The lowest BCUT2D eigenvalue weighted by Gasteiger charge is -2.22. The minimum Gasteiger partial charge on any atom is -0.493 e. The van der Waals surface area contributed by atoms with E-state index in [-0.39, 0.29) is 0 Å². The molecule has 2 atom stereocenters. The lowest BCUT2D eigenvalue weighted by molar-refractivity contribution is 0.376. The van der Waals surface area contributed by atoms with Gasteiger partial charge in [0.2, 0.25) is 0 Å². The molecule has 1 heterocycles. The Bertz CT molecular complexity index is 362. The van der Waals surface area contributed by atoms with E-state index in [0.29, 0.717) is 11.8 Å². The van der Waals surface area contributed by atoms with Crippen LogP contribution in [0.5, 0.6) is 5.75 Å². The van der Waals surface area contributed by atoms with Crippen LogP contribution in [-0.4, -0.2) is 30.0 Å². The summed E-state index contributed by atoms with van der Waals surface area (Å²) in [7, 11) is 1.73. The highest BCUT2D eigenvalue weighted by atomic mass is 16.5. The molecule has 0 aliphatic carbocycles. The van der Waals surface area contributed by atoms with Crippen molar-refractivity contribution < 1.29 is 4.74 Å². The third-order valence-electron chi connectivity index (χ3n) is 3.68. The van der Waals surface area contributed by atoms with Crippen molar-refractivity contribution in [1.82, 2.24) is 15.1 Å². The standard InChI is InChI=1S/C15H29N3O/c1-6-8-16-10-12(3)13(4)15-14(19-5)11-17-18(15)9-7-2/h11-13,16H,6-10H2,1-5H3. The lowest BCUT2D eigenvalue weighted by Crippen LogP contribution is -2.26. The number of rotatable bonds is 9. The minimum atomic E-state index is 0.438. The quantitative estimate of drug-likeness (QED) is 0.699. The Morgan fingerprint density at radius 3 is 2.63 bits per heavy atom. The first-order chi connectivity index (χ1) is 9.15. The Balaban J connectivity index is 2.78. The largest absolute Gasteiger partial charge is 0.493 e. The van der Waals surface area contributed by atoms with Crippen molar-refractivity contribution in [2.75, 3.05) is 20.2 Å². The SMILES string of the molecule is CCCNCC(C)C(C)c1c(OC)cnn1CCC. The van der Waals surface area contributed by atoms with Crippen molar-refractivity contribution in [2.24, 2.45) is 5.92 Å². The molecule has 0 radical (unpaired) electrons. The molecule has 4 nitrogen and oxygen atoms in total. The summed E-state index contributed by atoms with van der Waals surface area (Å²) < 4.78 is 7.56. The first-order valence-electron chi connectivity index (χ1n) is 7.46. The number of nitrogens with one attached hydrogen (secondary N) is 1. The summed E-state index contributed by atoms with van der Waals surface area (Å²) in [5, 5.41) is 7.94. The number of nitrogens with zero attached hydrogens (tertiary/aromatic N) is 2. The number of ether oxygens (including phenoxy) is 1. The Morgan fingerprint density at radius 1 is 1.32 bits per heavy atom. The maximum atomic E-state index is 5.47. The molecule has 4 heteroatoms. The number of methoxy groups -OCH3 is 1. The van der Waals surface area contributed by atoms with Gasteiger partial charge in [-0.3, -0.25) is 4.68 Å². The first kappa shape index (κ1) is 16.0. The number of hydrogen-bond acceptors (Lipinski definition) is 3. The Kier molecular flexibility index (Phi) is 6.92. The summed E-state index contributed by atoms with van der Waals surface area (Å²) >= 11 is 0. The molecule has 0 aromatic carbocycles. The summed E-state index contributed by atoms with van der Waals surface area (Å²) in [6.07, 6.45) is 4.11. The van der Waals surface area contributed by atoms with Crippen LogP contribution in [0.2, 0.25) is 0 Å². The maximum Gasteiger partial charge on any atom is 0.160 e. The third kappa shape index (κ3) is 4.23. The third-order valence-corrected chi connectivity index (χ3v) is 3.68. The molecule has 2 unspecified atom stereocenters. The van der Waals surface area contributed by atoms with E-state index in [2.05, 4.69) is 42.8 Å². The van der Waals surface area contributed by atoms with Gasteiger partial charge < -0.3 is 10.1 Å². The molecule has 0 saturated carbocycles. The van der Waals surface area contributed by atoms with E-state index in [1.807, 2.05) is 6.20 Å². The summed E-state index contributed by atoms with van der Waals surface area (Å²) in [6, 6.07) is 0. The molecule has 1 aromatic heterocycles. The summed E-state index contributed by atoms with van der Waals surface area (Å²) in [5.74, 6) is 1.92. The van der Waals surface area contributed by atoms with Gasteiger partial charge in [-0.2, -0.15) is 5.10 Å². The van der Waals surface area contributed by atoms with E-state index in [4.69, 9.17) is 4.74 Å². The van der Waals surface area contributed by atoms with E-state index in [1.165, 1.54) is 12.1 Å². The van der Waals surface area contributed by atoms with Gasteiger partial charge in [-0.15, -0.1) is 0 Å². The number of aryl methyl sites for hydroxylation is 1. The Labute approximate surface area is 117 Å². The van der Waals surface area contributed by atoms with Gasteiger partial charge in [-0.25, -0.2) is 0 Å². The van der Waals surface area contributed by atoms with Gasteiger partial charge in [0.1, 0.15) is 0 Å². The van der Waals surface area contributed by atoms with Crippen molar-refractivity contribution in [3.63, 3.8) is 0 Å². The molecule has 0 bridgehead atoms. The van der Waals surface area contributed by atoms with E-state index in [9.17, 15) is 0 Å². The van der Waals surface area contributed by atoms with Crippen molar-refractivity contribution >= 4 is 0 Å². The molecule has 0 fully saturated rings. The summed E-state index contributed by atoms with van der Waals surface area (Å²) in [6.45, 7) is 12.0. The predicted octanol–water partition coefficient (Wildman–Crippen LogP) is 3.04. The lowest BCUT2D eigenvalue weighted by atomic mass is 9.92. The van der Waals surface area contributed by atoms with Crippen LogP contribution in [0, 0.1) is 5.92 Å². The average molecular weight is 267 g/mol. The highest BCUT2D eigenvalue weighted by molar-refractivity contribution is 5.28. The molecule has 110 valence electrons. The van der Waals surface area contributed by atoms with Gasteiger partial charge in [-0.05, 0) is 31.8 Å². The molecule has 1 aromatic rings. The first-order valence-corrected chi connectivity index (χ1v) is 7.46. The fraction of sp³-hybridized carbons (Fsp3) is 0.800. The molecule has 0 amide bonds. The monoisotopic (exact) mass is 267 g/mol. The van der Waals surface area contributed by atoms with E-state index in [0.717, 1.165) is 31.8 Å². The normalized spacial score (nSPS) is 14.4. The summed E-state index contributed by atoms with van der Waals surface area (Å²) in [5.41, 5.74) is 1.23. The average Bonchev–Trinajstić information content (AvgIpc) is 2.81. The molecule has 1 N–H and O–H groups in total. The molecule has 0 aliphatic rings. The second-order valence-electron chi connectivity index (χ2n) is 5.29. The second-order valence-corrected chi connectivity index (χ2v) is 5.29. The molecule has 0 saturated heterocycles. The minimum absolute atomic E-state index is 0.438. The zero-order valence-electron chi connectivity index (χ0n) is 13.1. The smallest absolute Gasteiger partial charge is 0.160 e. The molecule has 0 spiro atoms. The van der Waals surface area contributed by atoms with Crippen LogP contribution in [0.3, 0.4) is 0 Å². The van der Waals surface area contributed by atoms with Gasteiger partial charge >= 0.3 is 0 Å². The fourth-order valence-electron chi connectivity index (χ4n) is 2.34. The van der Waals surface area contributed by atoms with Gasteiger partial charge in [0, 0.05) is 12.5 Å². The predicted molar refractivity (Wildman–Crippen MR) is 79.8 cm³/mol. The van der Waals surface area contributed by atoms with Crippen LogP contribution in [-0.2, 0) is 6.54 Å². The van der Waals surface area contributed by atoms with Crippen LogP contribution in [0.25, 0.3) is 0 Å². The number of aromatic nitrogens is 2. The van der Waals surface area contributed by atoms with Crippen molar-refractivity contribution in [3.05, 3.63) is 11.9 Å². The highest BCUT2D eigenvalue weighted by Crippen LogP contribution is 2.31. The van der Waals surface area contributed by atoms with Crippen molar-refractivity contribution in [1.29, 1.82) is 0 Å². The fourth-order valence-corrected chi connectivity index (χ4v) is 2.34. The van der Waals surface area contributed by atoms with Gasteiger partial charge in [0.25, 0.3) is 0 Å². The topological polar surface area (TPSA) is 39.1 Å². The Morgan fingerprint density at radius 2 is 2.05 bits per heavy atom. The van der Waals surface area contributed by atoms with Crippen LogP contribution >= 0.6 is 0 Å². The molecule has 19 heavy (non-hydrogen) atoms. The van der Waals surface area contributed by atoms with Crippen molar-refractivity contribution in [2.45, 2.75) is 53.0 Å². The van der Waals surface area contributed by atoms with Crippen LogP contribution < -0.4 is 10.1 Å². The molecule has 1 rings (SSSR count). The van der Waals surface area contributed by atoms with Crippen LogP contribution in [0.1, 0.15) is 52.1 Å².